The summed E-state index contributed by atoms with van der Waals surface area (Å²) in [4.78, 5) is 15.6. The molecule has 0 atom stereocenters. The fourth-order valence-electron chi connectivity index (χ4n) is 3.42. The number of amides is 1. The molecule has 148 valence electrons. The second-order valence-electron chi connectivity index (χ2n) is 7.08. The van der Waals surface area contributed by atoms with E-state index < -0.39 is 0 Å². The van der Waals surface area contributed by atoms with Gasteiger partial charge in [-0.15, -0.1) is 0 Å². The van der Waals surface area contributed by atoms with Crippen LogP contribution in [0, 0.1) is 11.7 Å². The average Bonchev–Trinajstić information content (AvgIpc) is 3.31. The number of benzene rings is 2. The zero-order valence-electron chi connectivity index (χ0n) is 16.2. The Bertz CT molecular complexity index is 1190. The summed E-state index contributed by atoms with van der Waals surface area (Å²) in [6.45, 7) is 3.13. The van der Waals surface area contributed by atoms with Crippen LogP contribution in [-0.2, 0) is 17.8 Å². The summed E-state index contributed by atoms with van der Waals surface area (Å²) in [5, 5.41) is 11.4. The van der Waals surface area contributed by atoms with E-state index in [9.17, 15) is 4.79 Å². The molecule has 3 N–H and O–H groups in total. The maximum Gasteiger partial charge on any atom is 0.221 e. The van der Waals surface area contributed by atoms with Crippen LogP contribution in [-0.4, -0.2) is 32.2 Å². The Labute approximate surface area is 174 Å². The summed E-state index contributed by atoms with van der Waals surface area (Å²) in [6, 6.07) is 16.3. The smallest absolute Gasteiger partial charge is 0.221 e. The highest BCUT2D eigenvalue weighted by molar-refractivity contribution is 7.71. The third-order valence-electron chi connectivity index (χ3n) is 5.02. The molecule has 0 saturated carbocycles. The number of hydrogen-bond acceptors (Lipinski definition) is 3. The normalized spacial score (nSPS) is 11.1. The Morgan fingerprint density at radius 2 is 1.97 bits per heavy atom. The molecule has 4 aromatic rings. The van der Waals surface area contributed by atoms with Gasteiger partial charge in [0.25, 0.3) is 0 Å². The van der Waals surface area contributed by atoms with Crippen molar-refractivity contribution in [2.45, 2.75) is 26.3 Å². The first-order valence-corrected chi connectivity index (χ1v) is 10.1. The van der Waals surface area contributed by atoms with E-state index in [-0.39, 0.29) is 5.91 Å². The van der Waals surface area contributed by atoms with Gasteiger partial charge in [-0.3, -0.25) is 14.5 Å². The number of nitrogens with zero attached hydrogens (tertiary/aromatic N) is 2. The van der Waals surface area contributed by atoms with Gasteiger partial charge in [0.05, 0.1) is 0 Å². The molecule has 6 nitrogen and oxygen atoms in total. The zero-order chi connectivity index (χ0) is 20.2. The molecular weight excluding hydrogens is 382 g/mol. The number of H-pyrrole nitrogens is 2. The minimum absolute atomic E-state index is 0.00259. The Kier molecular flexibility index (Phi) is 5.57. The van der Waals surface area contributed by atoms with E-state index in [1.54, 1.807) is 0 Å². The number of fused-ring (bicyclic) bond motifs is 1. The minimum Gasteiger partial charge on any atom is -0.361 e. The topological polar surface area (TPSA) is 78.5 Å². The lowest BCUT2D eigenvalue weighted by atomic mass is 10.1. The predicted molar refractivity (Wildman–Crippen MR) is 117 cm³/mol. The monoisotopic (exact) mass is 405 g/mol. The fourth-order valence-corrected chi connectivity index (χ4v) is 3.65. The summed E-state index contributed by atoms with van der Waals surface area (Å²) in [5.74, 6) is 0.754. The number of aromatic nitrogens is 4. The quantitative estimate of drug-likeness (QED) is 0.404. The third kappa shape index (κ3) is 4.30. The Hall–Kier alpha value is -3.19. The largest absolute Gasteiger partial charge is 0.361 e. The molecule has 2 heterocycles. The number of aromatic amines is 2. The summed E-state index contributed by atoms with van der Waals surface area (Å²) >= 11 is 5.35. The standard InChI is InChI=1S/C22H23N5OS/c1-15-6-8-16(9-7-15)21-25-26-22(29)27(21)13-11-20(28)23-12-10-17-14-24-19-5-3-2-4-18(17)19/h2-9,14,24H,10-13H2,1H3,(H,23,28)(H,26,29). The lowest BCUT2D eigenvalue weighted by Crippen LogP contribution is -2.26. The first-order chi connectivity index (χ1) is 14.1. The van der Waals surface area contributed by atoms with Crippen LogP contribution < -0.4 is 5.32 Å². The number of carbonyl (C=O) groups is 1. The molecule has 0 saturated heterocycles. The van der Waals surface area contributed by atoms with Gasteiger partial charge in [-0.1, -0.05) is 48.0 Å². The van der Waals surface area contributed by atoms with Gasteiger partial charge in [-0.25, -0.2) is 0 Å². The van der Waals surface area contributed by atoms with Crippen molar-refractivity contribution in [3.8, 4) is 11.4 Å². The van der Waals surface area contributed by atoms with Crippen LogP contribution in [0.25, 0.3) is 22.3 Å². The SMILES string of the molecule is Cc1ccc(-c2n[nH]c(=S)n2CCC(=O)NCCc2c[nH]c3ccccc23)cc1. The number of hydrogen-bond donors (Lipinski definition) is 3. The lowest BCUT2D eigenvalue weighted by Gasteiger charge is -2.08. The summed E-state index contributed by atoms with van der Waals surface area (Å²) < 4.78 is 2.39. The molecule has 0 aliphatic rings. The molecule has 0 aliphatic carbocycles. The van der Waals surface area contributed by atoms with Gasteiger partial charge in [-0.05, 0) is 37.2 Å². The number of aryl methyl sites for hydroxylation is 1. The Balaban J connectivity index is 1.34. The van der Waals surface area contributed by atoms with E-state index in [2.05, 4.69) is 32.6 Å². The molecule has 0 spiro atoms. The van der Waals surface area contributed by atoms with Gasteiger partial charge in [0.15, 0.2) is 10.6 Å². The zero-order valence-corrected chi connectivity index (χ0v) is 17.1. The van der Waals surface area contributed by atoms with Crippen molar-refractivity contribution >= 4 is 29.0 Å². The fraction of sp³-hybridized carbons (Fsp3) is 0.227. The number of nitrogens with one attached hydrogen (secondary N) is 3. The van der Waals surface area contributed by atoms with E-state index in [4.69, 9.17) is 12.2 Å². The van der Waals surface area contributed by atoms with E-state index in [0.29, 0.717) is 24.3 Å². The highest BCUT2D eigenvalue weighted by Crippen LogP contribution is 2.19. The van der Waals surface area contributed by atoms with Crippen LogP contribution >= 0.6 is 12.2 Å². The molecule has 0 aliphatic heterocycles. The minimum atomic E-state index is 0.00259. The first-order valence-electron chi connectivity index (χ1n) is 9.66. The van der Waals surface area contributed by atoms with Gasteiger partial charge in [0.1, 0.15) is 0 Å². The van der Waals surface area contributed by atoms with Crippen LogP contribution in [0.3, 0.4) is 0 Å². The maximum atomic E-state index is 12.3. The predicted octanol–water partition coefficient (Wildman–Crippen LogP) is 4.15. The van der Waals surface area contributed by atoms with E-state index in [1.165, 1.54) is 16.5 Å². The van der Waals surface area contributed by atoms with Gasteiger partial charge < -0.3 is 10.3 Å². The molecule has 4 rings (SSSR count). The van der Waals surface area contributed by atoms with Crippen LogP contribution in [0.2, 0.25) is 0 Å². The van der Waals surface area contributed by atoms with E-state index in [0.717, 1.165) is 23.3 Å². The third-order valence-corrected chi connectivity index (χ3v) is 5.33. The van der Waals surface area contributed by atoms with Crippen molar-refractivity contribution < 1.29 is 4.79 Å². The summed E-state index contributed by atoms with van der Waals surface area (Å²) in [5.41, 5.74) is 4.48. The summed E-state index contributed by atoms with van der Waals surface area (Å²) in [6.07, 6.45) is 3.14. The lowest BCUT2D eigenvalue weighted by molar-refractivity contribution is -0.121. The average molecular weight is 406 g/mol. The number of rotatable bonds is 7. The van der Waals surface area contributed by atoms with Crippen molar-refractivity contribution in [1.82, 2.24) is 25.1 Å². The highest BCUT2D eigenvalue weighted by Gasteiger charge is 2.11. The number of para-hydroxylation sites is 1. The van der Waals surface area contributed by atoms with Crippen LogP contribution in [0.1, 0.15) is 17.5 Å². The number of carbonyl (C=O) groups excluding carboxylic acids is 1. The molecule has 2 aromatic heterocycles. The van der Waals surface area contributed by atoms with Crippen molar-refractivity contribution in [3.05, 3.63) is 70.6 Å². The first kappa shape index (κ1) is 19.1. The van der Waals surface area contributed by atoms with Gasteiger partial charge in [0.2, 0.25) is 5.91 Å². The molecule has 1 amide bonds. The van der Waals surface area contributed by atoms with Gasteiger partial charge in [0, 0.05) is 42.2 Å². The maximum absolute atomic E-state index is 12.3. The van der Waals surface area contributed by atoms with E-state index >= 15 is 0 Å². The molecule has 0 fully saturated rings. The molecule has 29 heavy (non-hydrogen) atoms. The van der Waals surface area contributed by atoms with Crippen molar-refractivity contribution in [2.24, 2.45) is 0 Å². The second kappa shape index (κ2) is 8.45. The molecule has 7 heteroatoms. The molecular formula is C22H23N5OS. The molecule has 0 bridgehead atoms. The van der Waals surface area contributed by atoms with E-state index in [1.807, 2.05) is 54.1 Å². The van der Waals surface area contributed by atoms with Crippen LogP contribution in [0.4, 0.5) is 0 Å². The Morgan fingerprint density at radius 3 is 2.79 bits per heavy atom. The van der Waals surface area contributed by atoms with Crippen LogP contribution in [0.15, 0.2) is 54.7 Å². The van der Waals surface area contributed by atoms with Crippen molar-refractivity contribution in [2.75, 3.05) is 6.54 Å². The highest BCUT2D eigenvalue weighted by atomic mass is 32.1. The van der Waals surface area contributed by atoms with Gasteiger partial charge >= 0.3 is 0 Å². The van der Waals surface area contributed by atoms with Crippen molar-refractivity contribution in [1.29, 1.82) is 0 Å². The Morgan fingerprint density at radius 1 is 1.17 bits per heavy atom. The van der Waals surface area contributed by atoms with Gasteiger partial charge in [-0.2, -0.15) is 5.10 Å². The van der Waals surface area contributed by atoms with Crippen LogP contribution in [0.5, 0.6) is 0 Å². The summed E-state index contributed by atoms with van der Waals surface area (Å²) in [7, 11) is 0. The second-order valence-corrected chi connectivity index (χ2v) is 7.47. The molecule has 0 unspecified atom stereocenters. The van der Waals surface area contributed by atoms with Crippen molar-refractivity contribution in [3.63, 3.8) is 0 Å². The molecule has 2 aromatic carbocycles. The molecule has 0 radical (unpaired) electrons.